The van der Waals surface area contributed by atoms with Crippen LogP contribution in [0.2, 0.25) is 0 Å². The lowest BCUT2D eigenvalue weighted by molar-refractivity contribution is 0.0996. The summed E-state index contributed by atoms with van der Waals surface area (Å²) in [6.07, 6.45) is 0. The zero-order valence-corrected chi connectivity index (χ0v) is 7.64. The number of methoxy groups -OCH3 is 1. The van der Waals surface area contributed by atoms with Gasteiger partial charge in [-0.3, -0.25) is 4.79 Å². The van der Waals surface area contributed by atoms with Crippen LogP contribution in [0.3, 0.4) is 0 Å². The van der Waals surface area contributed by atoms with E-state index in [0.717, 1.165) is 4.70 Å². The minimum atomic E-state index is -0.482. The van der Waals surface area contributed by atoms with Gasteiger partial charge in [-0.05, 0) is 6.07 Å². The SMILES string of the molecule is COc1nc2[nH]c(C(N)=O)cc2s1. The Balaban J connectivity index is 2.54. The molecule has 2 rings (SSSR count). The molecule has 3 N–H and O–H groups in total. The molecule has 0 aliphatic carbocycles. The van der Waals surface area contributed by atoms with Gasteiger partial charge in [-0.2, -0.15) is 4.98 Å². The number of ether oxygens (including phenoxy) is 1. The normalized spacial score (nSPS) is 10.5. The Labute approximate surface area is 77.5 Å². The molecule has 0 unspecified atom stereocenters. The summed E-state index contributed by atoms with van der Waals surface area (Å²) in [4.78, 5) is 17.6. The lowest BCUT2D eigenvalue weighted by atomic mass is 10.4. The number of hydrogen-bond acceptors (Lipinski definition) is 4. The van der Waals surface area contributed by atoms with Gasteiger partial charge >= 0.3 is 0 Å². The van der Waals surface area contributed by atoms with E-state index >= 15 is 0 Å². The number of aromatic amines is 1. The third kappa shape index (κ3) is 1.25. The average molecular weight is 197 g/mol. The van der Waals surface area contributed by atoms with E-state index < -0.39 is 5.91 Å². The highest BCUT2D eigenvalue weighted by Gasteiger charge is 2.10. The van der Waals surface area contributed by atoms with Crippen LogP contribution in [0.1, 0.15) is 10.5 Å². The fourth-order valence-corrected chi connectivity index (χ4v) is 1.79. The van der Waals surface area contributed by atoms with Crippen molar-refractivity contribution in [2.75, 3.05) is 7.11 Å². The van der Waals surface area contributed by atoms with E-state index in [1.54, 1.807) is 13.2 Å². The van der Waals surface area contributed by atoms with E-state index in [-0.39, 0.29) is 0 Å². The molecule has 2 aromatic rings. The number of hydrogen-bond donors (Lipinski definition) is 2. The number of carbonyl (C=O) groups is 1. The standard InChI is InChI=1S/C7H7N3O2S/c1-12-7-10-6-4(13-7)2-3(9-6)5(8)11/h2,9H,1H3,(H2,8,11). The first-order chi connectivity index (χ1) is 6.20. The van der Waals surface area contributed by atoms with Crippen LogP contribution >= 0.6 is 11.3 Å². The Hall–Kier alpha value is -1.56. The number of primary amides is 1. The maximum Gasteiger partial charge on any atom is 0.275 e. The molecule has 6 heteroatoms. The van der Waals surface area contributed by atoms with Crippen LogP contribution < -0.4 is 10.5 Å². The summed E-state index contributed by atoms with van der Waals surface area (Å²) in [7, 11) is 1.55. The van der Waals surface area contributed by atoms with Gasteiger partial charge in [-0.15, -0.1) is 0 Å². The van der Waals surface area contributed by atoms with Gasteiger partial charge in [0.25, 0.3) is 11.1 Å². The van der Waals surface area contributed by atoms with Crippen molar-refractivity contribution < 1.29 is 9.53 Å². The van der Waals surface area contributed by atoms with E-state index in [0.29, 0.717) is 16.5 Å². The van der Waals surface area contributed by atoms with E-state index in [1.165, 1.54) is 11.3 Å². The molecule has 1 amide bonds. The smallest absolute Gasteiger partial charge is 0.275 e. The highest BCUT2D eigenvalue weighted by molar-refractivity contribution is 7.20. The van der Waals surface area contributed by atoms with Crippen LogP contribution in [-0.2, 0) is 0 Å². The van der Waals surface area contributed by atoms with Crippen molar-refractivity contribution in [3.63, 3.8) is 0 Å². The van der Waals surface area contributed by atoms with Crippen molar-refractivity contribution in [2.45, 2.75) is 0 Å². The van der Waals surface area contributed by atoms with Crippen molar-refractivity contribution in [3.8, 4) is 5.19 Å². The number of thiazole rings is 1. The monoisotopic (exact) mass is 197 g/mol. The van der Waals surface area contributed by atoms with Gasteiger partial charge < -0.3 is 15.5 Å². The van der Waals surface area contributed by atoms with Gasteiger partial charge in [0, 0.05) is 0 Å². The number of nitrogens with one attached hydrogen (secondary N) is 1. The number of carbonyl (C=O) groups excluding carboxylic acids is 1. The third-order valence-corrected chi connectivity index (χ3v) is 2.57. The summed E-state index contributed by atoms with van der Waals surface area (Å²) in [5.74, 6) is -0.482. The van der Waals surface area contributed by atoms with Crippen LogP contribution in [0.15, 0.2) is 6.07 Å². The van der Waals surface area contributed by atoms with Gasteiger partial charge in [0.15, 0.2) is 5.65 Å². The highest BCUT2D eigenvalue weighted by Crippen LogP contribution is 2.27. The summed E-state index contributed by atoms with van der Waals surface area (Å²) in [5, 5.41) is 0.567. The Kier molecular flexibility index (Phi) is 1.70. The number of rotatable bonds is 2. The average Bonchev–Trinajstić information content (AvgIpc) is 2.58. The number of nitrogens with two attached hydrogens (primary N) is 1. The van der Waals surface area contributed by atoms with Gasteiger partial charge in [0.05, 0.1) is 11.8 Å². The molecule has 0 spiro atoms. The van der Waals surface area contributed by atoms with Crippen LogP contribution in [0.25, 0.3) is 10.3 Å². The first-order valence-corrected chi connectivity index (χ1v) is 4.35. The zero-order valence-electron chi connectivity index (χ0n) is 6.83. The van der Waals surface area contributed by atoms with Crippen molar-refractivity contribution in [3.05, 3.63) is 11.8 Å². The molecular weight excluding hydrogens is 190 g/mol. The second-order valence-electron chi connectivity index (χ2n) is 2.44. The van der Waals surface area contributed by atoms with E-state index in [1.807, 2.05) is 0 Å². The number of fused-ring (bicyclic) bond motifs is 1. The number of nitrogens with zero attached hydrogens (tertiary/aromatic N) is 1. The second kappa shape index (κ2) is 2.74. The Morgan fingerprint density at radius 3 is 3.08 bits per heavy atom. The lowest BCUT2D eigenvalue weighted by Crippen LogP contribution is -2.10. The molecule has 0 bridgehead atoms. The molecule has 2 aromatic heterocycles. The lowest BCUT2D eigenvalue weighted by Gasteiger charge is -1.88. The summed E-state index contributed by atoms with van der Waals surface area (Å²) >= 11 is 1.36. The van der Waals surface area contributed by atoms with Crippen LogP contribution in [-0.4, -0.2) is 23.0 Å². The maximum absolute atomic E-state index is 10.8. The molecule has 5 nitrogen and oxygen atoms in total. The molecule has 0 saturated carbocycles. The van der Waals surface area contributed by atoms with Crippen LogP contribution in [0, 0.1) is 0 Å². The van der Waals surface area contributed by atoms with Gasteiger partial charge in [0.1, 0.15) is 5.69 Å². The van der Waals surface area contributed by atoms with Gasteiger partial charge in [0.2, 0.25) is 0 Å². The Morgan fingerprint density at radius 2 is 2.54 bits per heavy atom. The molecule has 0 saturated heterocycles. The molecule has 0 aromatic carbocycles. The molecule has 0 aliphatic heterocycles. The first kappa shape index (κ1) is 8.06. The summed E-state index contributed by atoms with van der Waals surface area (Å²) in [6.45, 7) is 0. The fraction of sp³-hybridized carbons (Fsp3) is 0.143. The second-order valence-corrected chi connectivity index (χ2v) is 3.44. The van der Waals surface area contributed by atoms with Crippen LogP contribution in [0.5, 0.6) is 5.19 Å². The maximum atomic E-state index is 10.8. The third-order valence-electron chi connectivity index (χ3n) is 1.60. The molecule has 2 heterocycles. The first-order valence-electron chi connectivity index (χ1n) is 3.54. The molecule has 0 radical (unpaired) electrons. The molecule has 0 atom stereocenters. The summed E-state index contributed by atoms with van der Waals surface area (Å²) in [5.41, 5.74) is 6.09. The van der Waals surface area contributed by atoms with E-state index in [4.69, 9.17) is 10.5 Å². The number of H-pyrrole nitrogens is 1. The van der Waals surface area contributed by atoms with E-state index in [2.05, 4.69) is 9.97 Å². The predicted octanol–water partition coefficient (Wildman–Crippen LogP) is 0.732. The molecule has 0 fully saturated rings. The van der Waals surface area contributed by atoms with Crippen LogP contribution in [0.4, 0.5) is 0 Å². The van der Waals surface area contributed by atoms with E-state index in [9.17, 15) is 4.79 Å². The predicted molar refractivity (Wildman–Crippen MR) is 49.0 cm³/mol. The Morgan fingerprint density at radius 1 is 1.77 bits per heavy atom. The largest absolute Gasteiger partial charge is 0.473 e. The Bertz CT molecular complexity index is 428. The molecular formula is C7H7N3O2S. The quantitative estimate of drug-likeness (QED) is 0.744. The number of amides is 1. The highest BCUT2D eigenvalue weighted by atomic mass is 32.1. The van der Waals surface area contributed by atoms with Crippen molar-refractivity contribution in [1.29, 1.82) is 0 Å². The zero-order chi connectivity index (χ0) is 9.42. The summed E-state index contributed by atoms with van der Waals surface area (Å²) < 4.78 is 5.80. The topological polar surface area (TPSA) is 81.0 Å². The molecule has 68 valence electrons. The van der Waals surface area contributed by atoms with Gasteiger partial charge in [-0.25, -0.2) is 0 Å². The van der Waals surface area contributed by atoms with Crippen molar-refractivity contribution in [2.24, 2.45) is 5.73 Å². The number of aromatic nitrogens is 2. The van der Waals surface area contributed by atoms with Crippen molar-refractivity contribution >= 4 is 27.6 Å². The fourth-order valence-electron chi connectivity index (χ4n) is 1.01. The summed E-state index contributed by atoms with van der Waals surface area (Å²) in [6, 6.07) is 1.66. The molecule has 0 aliphatic rings. The van der Waals surface area contributed by atoms with Crippen molar-refractivity contribution in [1.82, 2.24) is 9.97 Å². The minimum absolute atomic E-state index is 0.372. The minimum Gasteiger partial charge on any atom is -0.473 e. The molecule has 13 heavy (non-hydrogen) atoms. The van der Waals surface area contributed by atoms with Gasteiger partial charge in [-0.1, -0.05) is 11.3 Å².